The molecule has 94 valence electrons. The van der Waals surface area contributed by atoms with Crippen LogP contribution in [0.25, 0.3) is 0 Å². The molecule has 0 amide bonds. The Morgan fingerprint density at radius 2 is 2.17 bits per heavy atom. The summed E-state index contributed by atoms with van der Waals surface area (Å²) >= 11 is 0. The fraction of sp³-hybridized carbons (Fsp3) is 0.182. The number of hydrogen-bond acceptors (Lipinski definition) is 3. The Labute approximate surface area is 101 Å². The smallest absolute Gasteiger partial charge is 0.309 e. The number of hydrogen-bond donors (Lipinski definition) is 1. The molecule has 0 spiro atoms. The minimum absolute atomic E-state index is 0.00376. The third-order valence-electron chi connectivity index (χ3n) is 2.28. The van der Waals surface area contributed by atoms with E-state index < -0.39 is 17.6 Å². The van der Waals surface area contributed by atoms with Crippen molar-refractivity contribution in [3.63, 3.8) is 0 Å². The monoisotopic (exact) mass is 253 g/mol. The van der Waals surface area contributed by atoms with Crippen LogP contribution in [0.1, 0.15) is 11.3 Å². The third kappa shape index (κ3) is 2.68. The number of carboxylic acid groups (broad SMARTS) is 1. The van der Waals surface area contributed by atoms with Crippen molar-refractivity contribution in [3.05, 3.63) is 47.3 Å². The van der Waals surface area contributed by atoms with Gasteiger partial charge in [0.25, 0.3) is 0 Å². The van der Waals surface area contributed by atoms with Gasteiger partial charge in [-0.15, -0.1) is 5.10 Å². The summed E-state index contributed by atoms with van der Waals surface area (Å²) < 4.78 is 27.6. The highest BCUT2D eigenvalue weighted by atomic mass is 19.2. The van der Waals surface area contributed by atoms with E-state index in [1.807, 2.05) is 0 Å². The number of aromatic nitrogens is 3. The molecule has 18 heavy (non-hydrogen) atoms. The summed E-state index contributed by atoms with van der Waals surface area (Å²) in [5.41, 5.74) is 0.390. The molecule has 0 radical (unpaired) electrons. The first-order valence-electron chi connectivity index (χ1n) is 5.10. The summed E-state index contributed by atoms with van der Waals surface area (Å²) in [4.78, 5) is 10.4. The molecule has 0 aliphatic rings. The van der Waals surface area contributed by atoms with Gasteiger partial charge in [-0.3, -0.25) is 4.79 Å². The quantitative estimate of drug-likeness (QED) is 0.889. The van der Waals surface area contributed by atoms with Crippen molar-refractivity contribution in [2.75, 3.05) is 0 Å². The molecule has 0 saturated carbocycles. The first kappa shape index (κ1) is 12.2. The predicted molar refractivity (Wildman–Crippen MR) is 56.8 cm³/mol. The molecule has 0 aliphatic carbocycles. The van der Waals surface area contributed by atoms with Gasteiger partial charge < -0.3 is 5.11 Å². The van der Waals surface area contributed by atoms with Gasteiger partial charge in [-0.25, -0.2) is 13.5 Å². The first-order valence-corrected chi connectivity index (χ1v) is 5.10. The normalized spacial score (nSPS) is 10.6. The van der Waals surface area contributed by atoms with E-state index in [-0.39, 0.29) is 24.2 Å². The lowest BCUT2D eigenvalue weighted by atomic mass is 10.2. The van der Waals surface area contributed by atoms with Crippen molar-refractivity contribution in [1.82, 2.24) is 15.0 Å². The van der Waals surface area contributed by atoms with Crippen LogP contribution in [0.5, 0.6) is 0 Å². The molecule has 0 aliphatic heterocycles. The lowest BCUT2D eigenvalue weighted by Gasteiger charge is -2.02. The second kappa shape index (κ2) is 4.91. The van der Waals surface area contributed by atoms with Crippen LogP contribution >= 0.6 is 0 Å². The zero-order valence-electron chi connectivity index (χ0n) is 9.18. The molecule has 0 fully saturated rings. The molecule has 2 aromatic rings. The Bertz CT molecular complexity index is 583. The minimum Gasteiger partial charge on any atom is -0.481 e. The van der Waals surface area contributed by atoms with Gasteiger partial charge >= 0.3 is 5.97 Å². The van der Waals surface area contributed by atoms with Crippen molar-refractivity contribution in [2.24, 2.45) is 0 Å². The van der Waals surface area contributed by atoms with Crippen LogP contribution in [0, 0.1) is 11.6 Å². The van der Waals surface area contributed by atoms with Gasteiger partial charge in [0.15, 0.2) is 11.6 Å². The summed E-state index contributed by atoms with van der Waals surface area (Å²) in [7, 11) is 0. The largest absolute Gasteiger partial charge is 0.481 e. The van der Waals surface area contributed by atoms with Crippen molar-refractivity contribution in [1.29, 1.82) is 0 Å². The SMILES string of the molecule is O=C(O)Cc1cn(Cc2cccc(F)c2F)nn1. The van der Waals surface area contributed by atoms with E-state index in [1.54, 1.807) is 0 Å². The maximum atomic E-state index is 13.4. The maximum absolute atomic E-state index is 13.4. The Kier molecular flexibility index (Phi) is 3.31. The van der Waals surface area contributed by atoms with Crippen LogP contribution in [0.15, 0.2) is 24.4 Å². The molecule has 0 bridgehead atoms. The molecule has 7 heteroatoms. The maximum Gasteiger partial charge on any atom is 0.309 e. The van der Waals surface area contributed by atoms with Gasteiger partial charge in [0, 0.05) is 11.8 Å². The molecule has 1 heterocycles. The molecular formula is C11H9F2N3O2. The van der Waals surface area contributed by atoms with Crippen molar-refractivity contribution >= 4 is 5.97 Å². The summed E-state index contributed by atoms with van der Waals surface area (Å²) in [6.07, 6.45) is 1.13. The average Bonchev–Trinajstić information content (AvgIpc) is 2.71. The molecule has 1 aromatic heterocycles. The van der Waals surface area contributed by atoms with E-state index in [4.69, 9.17) is 5.11 Å². The summed E-state index contributed by atoms with van der Waals surface area (Å²) in [6.45, 7) is -0.00376. The number of nitrogens with zero attached hydrogens (tertiary/aromatic N) is 3. The lowest BCUT2D eigenvalue weighted by molar-refractivity contribution is -0.136. The fourth-order valence-corrected chi connectivity index (χ4v) is 1.50. The molecule has 1 aromatic carbocycles. The van der Waals surface area contributed by atoms with E-state index >= 15 is 0 Å². The molecular weight excluding hydrogens is 244 g/mol. The van der Waals surface area contributed by atoms with E-state index in [2.05, 4.69) is 10.3 Å². The van der Waals surface area contributed by atoms with Crippen LogP contribution in [0.2, 0.25) is 0 Å². The van der Waals surface area contributed by atoms with Crippen molar-refractivity contribution in [2.45, 2.75) is 13.0 Å². The van der Waals surface area contributed by atoms with Crippen LogP contribution < -0.4 is 0 Å². The second-order valence-corrected chi connectivity index (χ2v) is 3.69. The Morgan fingerprint density at radius 1 is 1.39 bits per heavy atom. The van der Waals surface area contributed by atoms with Crippen molar-refractivity contribution in [3.8, 4) is 0 Å². The Morgan fingerprint density at radius 3 is 2.89 bits per heavy atom. The Hall–Kier alpha value is -2.31. The lowest BCUT2D eigenvalue weighted by Crippen LogP contribution is -2.04. The standard InChI is InChI=1S/C11H9F2N3O2/c12-9-3-1-2-7(11(9)13)5-16-6-8(14-15-16)4-10(17)18/h1-3,6H,4-5H2,(H,17,18). The molecule has 0 atom stereocenters. The predicted octanol–water partition coefficient (Wildman–Crippen LogP) is 1.23. The van der Waals surface area contributed by atoms with Crippen LogP contribution in [0.4, 0.5) is 8.78 Å². The first-order chi connectivity index (χ1) is 8.56. The van der Waals surface area contributed by atoms with Gasteiger partial charge in [-0.05, 0) is 6.07 Å². The number of benzene rings is 1. The second-order valence-electron chi connectivity index (χ2n) is 3.69. The minimum atomic E-state index is -1.03. The zero-order valence-corrected chi connectivity index (χ0v) is 9.18. The topological polar surface area (TPSA) is 68.0 Å². The highest BCUT2D eigenvalue weighted by molar-refractivity contribution is 5.69. The van der Waals surface area contributed by atoms with Gasteiger partial charge in [0.1, 0.15) is 0 Å². The summed E-state index contributed by atoms with van der Waals surface area (Å²) in [6, 6.07) is 3.84. The molecule has 0 unspecified atom stereocenters. The van der Waals surface area contributed by atoms with E-state index in [0.717, 1.165) is 6.07 Å². The van der Waals surface area contributed by atoms with Gasteiger partial charge in [-0.1, -0.05) is 17.3 Å². The van der Waals surface area contributed by atoms with Crippen LogP contribution in [-0.2, 0) is 17.8 Å². The molecule has 2 rings (SSSR count). The van der Waals surface area contributed by atoms with Crippen LogP contribution in [0.3, 0.4) is 0 Å². The van der Waals surface area contributed by atoms with Crippen molar-refractivity contribution < 1.29 is 18.7 Å². The molecule has 5 nitrogen and oxygen atoms in total. The number of aliphatic carboxylic acids is 1. The van der Waals surface area contributed by atoms with E-state index in [1.165, 1.54) is 23.0 Å². The number of rotatable bonds is 4. The molecule has 0 saturated heterocycles. The van der Waals surface area contributed by atoms with Crippen LogP contribution in [-0.4, -0.2) is 26.1 Å². The number of carbonyl (C=O) groups is 1. The highest BCUT2D eigenvalue weighted by Crippen LogP contribution is 2.12. The highest BCUT2D eigenvalue weighted by Gasteiger charge is 2.10. The Balaban J connectivity index is 2.16. The summed E-state index contributed by atoms with van der Waals surface area (Å²) in [5, 5.41) is 15.8. The molecule has 1 N–H and O–H groups in total. The van der Waals surface area contributed by atoms with E-state index in [0.29, 0.717) is 0 Å². The fourth-order valence-electron chi connectivity index (χ4n) is 1.50. The number of halogens is 2. The average molecular weight is 253 g/mol. The third-order valence-corrected chi connectivity index (χ3v) is 2.28. The van der Waals surface area contributed by atoms with Gasteiger partial charge in [0.05, 0.1) is 18.7 Å². The van der Waals surface area contributed by atoms with Gasteiger partial charge in [0.2, 0.25) is 0 Å². The number of carboxylic acids is 1. The van der Waals surface area contributed by atoms with Gasteiger partial charge in [-0.2, -0.15) is 0 Å². The van der Waals surface area contributed by atoms with E-state index in [9.17, 15) is 13.6 Å². The zero-order chi connectivity index (χ0) is 13.1. The summed E-state index contributed by atoms with van der Waals surface area (Å²) in [5.74, 6) is -2.90.